The van der Waals surface area contributed by atoms with Crippen LogP contribution >= 0.6 is 0 Å². The Morgan fingerprint density at radius 3 is 2.58 bits per heavy atom. The molecule has 1 heteroatoms. The Kier molecular flexibility index (Phi) is 2.16. The Labute approximate surface area is 76.1 Å². The summed E-state index contributed by atoms with van der Waals surface area (Å²) in [6.45, 7) is 6.21. The van der Waals surface area contributed by atoms with E-state index in [1.165, 1.54) is 25.8 Å². The molecule has 1 heterocycles. The zero-order valence-corrected chi connectivity index (χ0v) is 8.59. The molecule has 0 radical (unpaired) electrons. The van der Waals surface area contributed by atoms with Crippen LogP contribution in [0.5, 0.6) is 0 Å². The quantitative estimate of drug-likeness (QED) is 0.535. The molecule has 0 aromatic heterocycles. The molecule has 2 rings (SSSR count). The van der Waals surface area contributed by atoms with Gasteiger partial charge in [-0.2, -0.15) is 0 Å². The van der Waals surface area contributed by atoms with Gasteiger partial charge >= 0.3 is 0 Å². The van der Waals surface area contributed by atoms with Crippen LogP contribution in [-0.2, 0) is 0 Å². The highest BCUT2D eigenvalue weighted by Gasteiger charge is 2.42. The predicted molar refractivity (Wildman–Crippen MR) is 52.1 cm³/mol. The second-order valence-corrected chi connectivity index (χ2v) is 4.97. The third-order valence-electron chi connectivity index (χ3n) is 4.05. The molecular formula is C11H21N. The fraction of sp³-hybridized carbons (Fsp3) is 1.00. The fourth-order valence-corrected chi connectivity index (χ4v) is 3.60. The number of fused-ring (bicyclic) bond motifs is 1. The lowest BCUT2D eigenvalue weighted by molar-refractivity contribution is 0.107. The van der Waals surface area contributed by atoms with E-state index in [9.17, 15) is 0 Å². The summed E-state index contributed by atoms with van der Waals surface area (Å²) in [4.78, 5) is 2.60. The van der Waals surface area contributed by atoms with Crippen LogP contribution in [0.25, 0.3) is 0 Å². The van der Waals surface area contributed by atoms with Crippen molar-refractivity contribution in [3.8, 4) is 0 Å². The first-order valence-electron chi connectivity index (χ1n) is 5.40. The van der Waals surface area contributed by atoms with Gasteiger partial charge in [0.2, 0.25) is 0 Å². The van der Waals surface area contributed by atoms with E-state index >= 15 is 0 Å². The van der Waals surface area contributed by atoms with Gasteiger partial charge < -0.3 is 4.90 Å². The maximum absolute atomic E-state index is 2.60. The highest BCUT2D eigenvalue weighted by atomic mass is 15.1. The average Bonchev–Trinajstić information content (AvgIpc) is 2.29. The van der Waals surface area contributed by atoms with Crippen molar-refractivity contribution in [1.29, 1.82) is 0 Å². The fourth-order valence-electron chi connectivity index (χ4n) is 3.60. The first kappa shape index (κ1) is 8.55. The molecule has 1 aliphatic heterocycles. The number of nitrogens with zero attached hydrogens (tertiary/aromatic N) is 1. The maximum atomic E-state index is 2.60. The lowest BCUT2D eigenvalue weighted by Crippen LogP contribution is -2.43. The van der Waals surface area contributed by atoms with Gasteiger partial charge in [0.25, 0.3) is 0 Å². The van der Waals surface area contributed by atoms with Gasteiger partial charge in [0.05, 0.1) is 0 Å². The Morgan fingerprint density at radius 1 is 1.17 bits per heavy atom. The lowest BCUT2D eigenvalue weighted by atomic mass is 9.86. The zero-order chi connectivity index (χ0) is 8.72. The van der Waals surface area contributed by atoms with Gasteiger partial charge in [-0.25, -0.2) is 0 Å². The van der Waals surface area contributed by atoms with E-state index in [4.69, 9.17) is 0 Å². The van der Waals surface area contributed by atoms with Gasteiger partial charge in [0.1, 0.15) is 0 Å². The van der Waals surface area contributed by atoms with E-state index in [1.807, 2.05) is 0 Å². The van der Waals surface area contributed by atoms with Crippen molar-refractivity contribution in [2.24, 2.45) is 17.8 Å². The van der Waals surface area contributed by atoms with Crippen LogP contribution in [0.4, 0.5) is 0 Å². The number of piperidine rings is 1. The van der Waals surface area contributed by atoms with E-state index in [0.29, 0.717) is 0 Å². The molecule has 2 aliphatic rings. The Bertz CT molecular complexity index is 162. The standard InChI is InChI=1S/C11H21N/c1-8-7-9(2)11-10(8)5-4-6-12(11)3/h8-11H,4-7H2,1-3H3. The molecule has 12 heavy (non-hydrogen) atoms. The van der Waals surface area contributed by atoms with E-state index in [1.54, 1.807) is 0 Å². The molecule has 0 aromatic rings. The minimum Gasteiger partial charge on any atom is -0.303 e. The van der Waals surface area contributed by atoms with Crippen molar-refractivity contribution in [2.75, 3.05) is 13.6 Å². The largest absolute Gasteiger partial charge is 0.303 e. The smallest absolute Gasteiger partial charge is 0.0149 e. The van der Waals surface area contributed by atoms with Crippen LogP contribution in [0, 0.1) is 17.8 Å². The molecule has 1 saturated carbocycles. The Hall–Kier alpha value is -0.0400. The summed E-state index contributed by atoms with van der Waals surface area (Å²) in [6, 6.07) is 0.911. The molecule has 0 spiro atoms. The van der Waals surface area contributed by atoms with Gasteiger partial charge in [-0.05, 0) is 50.6 Å². The summed E-state index contributed by atoms with van der Waals surface area (Å²) in [5.74, 6) is 2.93. The van der Waals surface area contributed by atoms with Crippen LogP contribution in [-0.4, -0.2) is 24.5 Å². The summed E-state index contributed by atoms with van der Waals surface area (Å²) in [7, 11) is 2.31. The zero-order valence-electron chi connectivity index (χ0n) is 8.59. The van der Waals surface area contributed by atoms with Gasteiger partial charge in [-0.3, -0.25) is 0 Å². The first-order valence-corrected chi connectivity index (χ1v) is 5.40. The number of likely N-dealkylation sites (tertiary alicyclic amines) is 1. The minimum atomic E-state index is 0.911. The van der Waals surface area contributed by atoms with Crippen LogP contribution in [0.1, 0.15) is 33.1 Å². The maximum Gasteiger partial charge on any atom is 0.0149 e. The molecule has 1 aliphatic carbocycles. The van der Waals surface area contributed by atoms with E-state index in [0.717, 1.165) is 23.8 Å². The molecule has 2 fully saturated rings. The van der Waals surface area contributed by atoms with Gasteiger partial charge in [0, 0.05) is 6.04 Å². The van der Waals surface area contributed by atoms with Crippen LogP contribution in [0.3, 0.4) is 0 Å². The van der Waals surface area contributed by atoms with Crippen molar-refractivity contribution in [1.82, 2.24) is 4.90 Å². The summed E-state index contributed by atoms with van der Waals surface area (Å²) in [5, 5.41) is 0. The van der Waals surface area contributed by atoms with Crippen LogP contribution in [0.15, 0.2) is 0 Å². The predicted octanol–water partition coefficient (Wildman–Crippen LogP) is 2.37. The van der Waals surface area contributed by atoms with Crippen molar-refractivity contribution in [3.63, 3.8) is 0 Å². The molecular weight excluding hydrogens is 146 g/mol. The summed E-state index contributed by atoms with van der Waals surface area (Å²) in [5.41, 5.74) is 0. The molecule has 1 saturated heterocycles. The average molecular weight is 167 g/mol. The van der Waals surface area contributed by atoms with E-state index in [2.05, 4.69) is 25.8 Å². The highest BCUT2D eigenvalue weighted by Crippen LogP contribution is 2.43. The number of rotatable bonds is 0. The van der Waals surface area contributed by atoms with Gasteiger partial charge in [-0.1, -0.05) is 13.8 Å². The van der Waals surface area contributed by atoms with Crippen molar-refractivity contribution >= 4 is 0 Å². The SMILES string of the molecule is CC1CC(C)C2C1CCCN2C. The first-order chi connectivity index (χ1) is 5.70. The van der Waals surface area contributed by atoms with E-state index in [-0.39, 0.29) is 0 Å². The molecule has 0 amide bonds. The lowest BCUT2D eigenvalue weighted by Gasteiger charge is -2.38. The van der Waals surface area contributed by atoms with Crippen LogP contribution in [0.2, 0.25) is 0 Å². The molecule has 70 valence electrons. The summed E-state index contributed by atoms with van der Waals surface area (Å²) in [6.07, 6.45) is 4.37. The van der Waals surface area contributed by atoms with Gasteiger partial charge in [-0.15, -0.1) is 0 Å². The third-order valence-corrected chi connectivity index (χ3v) is 4.05. The Balaban J connectivity index is 2.13. The third kappa shape index (κ3) is 1.19. The number of hydrogen-bond acceptors (Lipinski definition) is 1. The van der Waals surface area contributed by atoms with Crippen LogP contribution < -0.4 is 0 Å². The van der Waals surface area contributed by atoms with Gasteiger partial charge in [0.15, 0.2) is 0 Å². The summed E-state index contributed by atoms with van der Waals surface area (Å²) < 4.78 is 0. The topological polar surface area (TPSA) is 3.24 Å². The second-order valence-electron chi connectivity index (χ2n) is 4.97. The number of hydrogen-bond donors (Lipinski definition) is 0. The van der Waals surface area contributed by atoms with Crippen molar-refractivity contribution in [2.45, 2.75) is 39.2 Å². The highest BCUT2D eigenvalue weighted by molar-refractivity contribution is 4.95. The Morgan fingerprint density at radius 2 is 1.92 bits per heavy atom. The molecule has 0 bridgehead atoms. The monoisotopic (exact) mass is 167 g/mol. The summed E-state index contributed by atoms with van der Waals surface area (Å²) >= 11 is 0. The van der Waals surface area contributed by atoms with Crippen molar-refractivity contribution in [3.05, 3.63) is 0 Å². The molecule has 4 unspecified atom stereocenters. The van der Waals surface area contributed by atoms with Crippen molar-refractivity contribution < 1.29 is 0 Å². The van der Waals surface area contributed by atoms with E-state index < -0.39 is 0 Å². The molecule has 4 atom stereocenters. The minimum absolute atomic E-state index is 0.911. The second kappa shape index (κ2) is 3.02. The normalized spacial score (nSPS) is 49.2. The molecule has 0 aromatic carbocycles. The molecule has 1 nitrogen and oxygen atoms in total. The molecule has 0 N–H and O–H groups in total.